The van der Waals surface area contributed by atoms with Crippen LogP contribution in [0.25, 0.3) is 0 Å². The van der Waals surface area contributed by atoms with Gasteiger partial charge in [0.15, 0.2) is 11.5 Å². The Labute approximate surface area is 130 Å². The average molecular weight is 307 g/mol. The topological polar surface area (TPSA) is 47.6 Å². The van der Waals surface area contributed by atoms with Crippen molar-refractivity contribution in [3.63, 3.8) is 0 Å². The fraction of sp³-hybridized carbons (Fsp3) is 0.471. The number of nitrogens with one attached hydrogen (secondary N) is 1. The van der Waals surface area contributed by atoms with Crippen LogP contribution in [-0.2, 0) is 4.79 Å². The Morgan fingerprint density at radius 3 is 2.55 bits per heavy atom. The molecule has 1 aromatic rings. The number of ether oxygens (including phenoxy) is 2. The summed E-state index contributed by atoms with van der Waals surface area (Å²) in [6.07, 6.45) is 6.60. The van der Waals surface area contributed by atoms with Crippen LogP contribution in [0.4, 0.5) is 4.39 Å². The predicted molar refractivity (Wildman–Crippen MR) is 82.5 cm³/mol. The third-order valence-corrected chi connectivity index (χ3v) is 3.97. The first-order chi connectivity index (χ1) is 10.6. The highest BCUT2D eigenvalue weighted by atomic mass is 19.1. The molecule has 5 heteroatoms. The van der Waals surface area contributed by atoms with Crippen LogP contribution in [0, 0.1) is 11.7 Å². The molecule has 0 fully saturated rings. The first-order valence-corrected chi connectivity index (χ1v) is 7.43. The molecular formula is C17H22FNO3. The first kappa shape index (κ1) is 16.3. The van der Waals surface area contributed by atoms with Crippen molar-refractivity contribution < 1.29 is 18.7 Å². The molecule has 120 valence electrons. The smallest absolute Gasteiger partial charge is 0.223 e. The number of halogens is 1. The number of allylic oxidation sites excluding steroid dienone is 2. The van der Waals surface area contributed by atoms with E-state index in [1.165, 1.54) is 20.3 Å². The lowest BCUT2D eigenvalue weighted by Gasteiger charge is -2.22. The lowest BCUT2D eigenvalue weighted by molar-refractivity contribution is -0.125. The number of hydrogen-bond acceptors (Lipinski definition) is 3. The minimum absolute atomic E-state index is 0.0318. The zero-order valence-corrected chi connectivity index (χ0v) is 13.2. The van der Waals surface area contributed by atoms with E-state index in [4.69, 9.17) is 9.47 Å². The van der Waals surface area contributed by atoms with E-state index in [2.05, 4.69) is 11.4 Å². The Balaban J connectivity index is 2.13. The van der Waals surface area contributed by atoms with Crippen molar-refractivity contribution in [2.24, 2.45) is 5.92 Å². The molecule has 4 nitrogen and oxygen atoms in total. The van der Waals surface area contributed by atoms with Gasteiger partial charge in [0.1, 0.15) is 5.82 Å². The van der Waals surface area contributed by atoms with E-state index in [1.807, 2.05) is 6.08 Å². The highest BCUT2D eigenvalue weighted by molar-refractivity contribution is 5.79. The molecule has 0 aromatic heterocycles. The molecule has 1 aliphatic carbocycles. The van der Waals surface area contributed by atoms with Gasteiger partial charge in [-0.25, -0.2) is 4.39 Å². The van der Waals surface area contributed by atoms with Gasteiger partial charge in [0.25, 0.3) is 0 Å². The maximum absolute atomic E-state index is 14.2. The molecule has 22 heavy (non-hydrogen) atoms. The van der Waals surface area contributed by atoms with Gasteiger partial charge in [0, 0.05) is 17.5 Å². The minimum Gasteiger partial charge on any atom is -0.493 e. The van der Waals surface area contributed by atoms with Crippen LogP contribution in [0.5, 0.6) is 11.5 Å². The molecule has 0 aliphatic heterocycles. The number of benzene rings is 1. The quantitative estimate of drug-likeness (QED) is 0.848. The second-order valence-corrected chi connectivity index (χ2v) is 5.44. The van der Waals surface area contributed by atoms with Crippen molar-refractivity contribution >= 4 is 5.91 Å². The van der Waals surface area contributed by atoms with E-state index in [9.17, 15) is 9.18 Å². The van der Waals surface area contributed by atoms with Gasteiger partial charge in [0.05, 0.1) is 20.3 Å². The van der Waals surface area contributed by atoms with E-state index >= 15 is 0 Å². The van der Waals surface area contributed by atoms with E-state index in [-0.39, 0.29) is 11.8 Å². The molecule has 0 bridgehead atoms. The Morgan fingerprint density at radius 1 is 1.27 bits per heavy atom. The largest absolute Gasteiger partial charge is 0.493 e. The van der Waals surface area contributed by atoms with Gasteiger partial charge in [-0.2, -0.15) is 0 Å². The number of hydrogen-bond donors (Lipinski definition) is 1. The molecule has 1 aromatic carbocycles. The Morgan fingerprint density at radius 2 is 1.95 bits per heavy atom. The molecule has 0 spiro atoms. The van der Waals surface area contributed by atoms with Crippen LogP contribution in [0.1, 0.15) is 37.8 Å². The van der Waals surface area contributed by atoms with Crippen LogP contribution in [0.15, 0.2) is 24.3 Å². The number of carbonyl (C=O) groups excluding carboxylic acids is 1. The molecule has 1 amide bonds. The zero-order valence-electron chi connectivity index (χ0n) is 13.2. The maximum atomic E-state index is 14.2. The molecule has 0 unspecified atom stereocenters. The summed E-state index contributed by atoms with van der Waals surface area (Å²) in [5, 5.41) is 2.89. The fourth-order valence-electron chi connectivity index (χ4n) is 2.64. The summed E-state index contributed by atoms with van der Waals surface area (Å²) in [6, 6.07) is 2.42. The molecule has 2 rings (SSSR count). The molecule has 1 N–H and O–H groups in total. The zero-order chi connectivity index (χ0) is 16.1. The molecule has 0 heterocycles. The van der Waals surface area contributed by atoms with Crippen molar-refractivity contribution in [1.29, 1.82) is 0 Å². The molecule has 0 radical (unpaired) electrons. The van der Waals surface area contributed by atoms with Gasteiger partial charge in [-0.3, -0.25) is 4.79 Å². The van der Waals surface area contributed by atoms with E-state index < -0.39 is 11.9 Å². The summed E-state index contributed by atoms with van der Waals surface area (Å²) in [5.41, 5.74) is 0.386. The summed E-state index contributed by atoms with van der Waals surface area (Å²) in [5.74, 6) is 0.288. The van der Waals surface area contributed by atoms with E-state index in [0.29, 0.717) is 17.1 Å². The number of rotatable bonds is 5. The second kappa shape index (κ2) is 7.29. The lowest BCUT2D eigenvalue weighted by Crippen LogP contribution is -2.33. The molecule has 2 atom stereocenters. The van der Waals surface area contributed by atoms with Crippen LogP contribution in [-0.4, -0.2) is 20.1 Å². The third-order valence-electron chi connectivity index (χ3n) is 3.97. The van der Waals surface area contributed by atoms with Gasteiger partial charge in [0.2, 0.25) is 5.91 Å². The first-order valence-electron chi connectivity index (χ1n) is 7.43. The van der Waals surface area contributed by atoms with Crippen molar-refractivity contribution in [3.8, 4) is 11.5 Å². The van der Waals surface area contributed by atoms with Crippen molar-refractivity contribution in [2.75, 3.05) is 14.2 Å². The maximum Gasteiger partial charge on any atom is 0.223 e. The Kier molecular flexibility index (Phi) is 5.41. The van der Waals surface area contributed by atoms with E-state index in [0.717, 1.165) is 19.3 Å². The summed E-state index contributed by atoms with van der Waals surface area (Å²) in [4.78, 5) is 12.2. The van der Waals surface area contributed by atoms with Gasteiger partial charge in [-0.15, -0.1) is 0 Å². The van der Waals surface area contributed by atoms with E-state index in [1.54, 1.807) is 13.0 Å². The number of methoxy groups -OCH3 is 2. The predicted octanol–water partition coefficient (Wildman–Crippen LogP) is 3.38. The lowest BCUT2D eigenvalue weighted by atomic mass is 9.93. The SMILES string of the molecule is COc1cc(F)c([C@@H](C)NC(=O)[C@H]2CC=CCC2)cc1OC. The number of amides is 1. The average Bonchev–Trinajstić information content (AvgIpc) is 2.55. The third kappa shape index (κ3) is 3.59. The Bertz CT molecular complexity index is 571. The van der Waals surface area contributed by atoms with Gasteiger partial charge >= 0.3 is 0 Å². The fourth-order valence-corrected chi connectivity index (χ4v) is 2.64. The molecule has 0 saturated heterocycles. The highest BCUT2D eigenvalue weighted by Crippen LogP contribution is 2.32. The van der Waals surface area contributed by atoms with Crippen molar-refractivity contribution in [3.05, 3.63) is 35.7 Å². The molecule has 0 saturated carbocycles. The molecule has 1 aliphatic rings. The van der Waals surface area contributed by atoms with Crippen LogP contribution in [0.2, 0.25) is 0 Å². The Hall–Kier alpha value is -2.04. The normalized spacial score (nSPS) is 18.6. The standard InChI is InChI=1S/C17H22FNO3/c1-11(19-17(20)12-7-5-4-6-8-12)13-9-15(21-2)16(22-3)10-14(13)18/h4-5,9-12H,6-8H2,1-3H3,(H,19,20)/t11-,12+/m1/s1. The minimum atomic E-state index is -0.432. The van der Waals surface area contributed by atoms with Gasteiger partial charge < -0.3 is 14.8 Å². The summed E-state index contributed by atoms with van der Waals surface area (Å²) < 4.78 is 24.5. The van der Waals surface area contributed by atoms with Crippen molar-refractivity contribution in [1.82, 2.24) is 5.32 Å². The van der Waals surface area contributed by atoms with Crippen molar-refractivity contribution in [2.45, 2.75) is 32.2 Å². The summed E-state index contributed by atoms with van der Waals surface area (Å²) in [7, 11) is 2.95. The summed E-state index contributed by atoms with van der Waals surface area (Å²) >= 11 is 0. The van der Waals surface area contributed by atoms with Gasteiger partial charge in [-0.1, -0.05) is 12.2 Å². The van der Waals surface area contributed by atoms with Crippen LogP contribution >= 0.6 is 0 Å². The highest BCUT2D eigenvalue weighted by Gasteiger charge is 2.23. The number of carbonyl (C=O) groups is 1. The summed E-state index contributed by atoms with van der Waals surface area (Å²) in [6.45, 7) is 1.76. The van der Waals surface area contributed by atoms with Crippen LogP contribution in [0.3, 0.4) is 0 Å². The second-order valence-electron chi connectivity index (χ2n) is 5.44. The van der Waals surface area contributed by atoms with Gasteiger partial charge in [-0.05, 0) is 32.3 Å². The monoisotopic (exact) mass is 307 g/mol. The molecular weight excluding hydrogens is 285 g/mol. The van der Waals surface area contributed by atoms with Crippen LogP contribution < -0.4 is 14.8 Å².